The van der Waals surface area contributed by atoms with Gasteiger partial charge >= 0.3 is 0 Å². The van der Waals surface area contributed by atoms with Crippen LogP contribution in [0.2, 0.25) is 0 Å². The van der Waals surface area contributed by atoms with Crippen molar-refractivity contribution in [3.63, 3.8) is 0 Å². The molecule has 0 fully saturated rings. The number of nitrogens with two attached hydrogens (primary N) is 1. The standard InChI is InChI=1S/C13H10BrN5/c14-11-12(15)16-8-17-13(11)19-7-10(6-18-19)9-4-2-1-3-5-9/h1-8H,(H2,15,16,17). The first-order chi connectivity index (χ1) is 9.25. The first kappa shape index (κ1) is 11.9. The Morgan fingerprint density at radius 3 is 2.63 bits per heavy atom. The number of rotatable bonds is 2. The Bertz CT molecular complexity index is 708. The molecule has 0 aliphatic rings. The van der Waals surface area contributed by atoms with Crippen LogP contribution < -0.4 is 5.73 Å². The van der Waals surface area contributed by atoms with Gasteiger partial charge in [-0.3, -0.25) is 0 Å². The maximum Gasteiger partial charge on any atom is 0.173 e. The van der Waals surface area contributed by atoms with Crippen LogP contribution in [-0.2, 0) is 0 Å². The average molecular weight is 316 g/mol. The summed E-state index contributed by atoms with van der Waals surface area (Å²) in [5.74, 6) is 1.01. The smallest absolute Gasteiger partial charge is 0.173 e. The van der Waals surface area contributed by atoms with E-state index in [9.17, 15) is 0 Å². The molecule has 0 amide bonds. The molecular weight excluding hydrogens is 306 g/mol. The molecule has 2 aromatic heterocycles. The molecule has 0 unspecified atom stereocenters. The molecule has 0 saturated heterocycles. The fourth-order valence-electron chi connectivity index (χ4n) is 1.75. The average Bonchev–Trinajstić information content (AvgIpc) is 2.92. The predicted octanol–water partition coefficient (Wildman–Crippen LogP) is 2.67. The van der Waals surface area contributed by atoms with Crippen LogP contribution in [0.15, 0.2) is 53.5 Å². The Morgan fingerprint density at radius 2 is 1.84 bits per heavy atom. The molecule has 0 spiro atoms. The Labute approximate surface area is 118 Å². The van der Waals surface area contributed by atoms with Crippen molar-refractivity contribution >= 4 is 21.7 Å². The minimum atomic E-state index is 0.391. The van der Waals surface area contributed by atoms with Crippen LogP contribution in [0.4, 0.5) is 5.82 Å². The second-order valence-corrected chi connectivity index (χ2v) is 4.73. The van der Waals surface area contributed by atoms with Crippen LogP contribution >= 0.6 is 15.9 Å². The molecule has 0 bridgehead atoms. The van der Waals surface area contributed by atoms with Crippen molar-refractivity contribution < 1.29 is 0 Å². The van der Waals surface area contributed by atoms with E-state index in [-0.39, 0.29) is 0 Å². The highest BCUT2D eigenvalue weighted by atomic mass is 79.9. The molecule has 0 radical (unpaired) electrons. The maximum atomic E-state index is 5.74. The molecule has 2 heterocycles. The fraction of sp³-hybridized carbons (Fsp3) is 0. The van der Waals surface area contributed by atoms with Gasteiger partial charge in [0.15, 0.2) is 5.82 Å². The quantitative estimate of drug-likeness (QED) is 0.789. The molecule has 94 valence electrons. The maximum absolute atomic E-state index is 5.74. The van der Waals surface area contributed by atoms with E-state index in [1.807, 2.05) is 36.5 Å². The van der Waals surface area contributed by atoms with E-state index < -0.39 is 0 Å². The Balaban J connectivity index is 2.05. The van der Waals surface area contributed by atoms with Gasteiger partial charge in [-0.25, -0.2) is 14.6 Å². The van der Waals surface area contributed by atoms with Crippen molar-refractivity contribution in [2.45, 2.75) is 0 Å². The van der Waals surface area contributed by atoms with Crippen molar-refractivity contribution in [1.82, 2.24) is 19.7 Å². The van der Waals surface area contributed by atoms with E-state index >= 15 is 0 Å². The van der Waals surface area contributed by atoms with Crippen LogP contribution in [0.1, 0.15) is 0 Å². The van der Waals surface area contributed by atoms with Gasteiger partial charge in [-0.15, -0.1) is 0 Å². The summed E-state index contributed by atoms with van der Waals surface area (Å²) >= 11 is 3.37. The van der Waals surface area contributed by atoms with Gasteiger partial charge in [0.05, 0.1) is 6.20 Å². The van der Waals surface area contributed by atoms with Crippen molar-refractivity contribution in [3.8, 4) is 16.9 Å². The largest absolute Gasteiger partial charge is 0.383 e. The summed E-state index contributed by atoms with van der Waals surface area (Å²) in [7, 11) is 0. The molecule has 0 atom stereocenters. The third kappa shape index (κ3) is 2.22. The van der Waals surface area contributed by atoms with E-state index in [2.05, 4.69) is 31.0 Å². The first-order valence-electron chi connectivity index (χ1n) is 5.62. The van der Waals surface area contributed by atoms with Gasteiger partial charge in [-0.2, -0.15) is 5.10 Å². The number of aromatic nitrogens is 4. The molecule has 1 aromatic carbocycles. The lowest BCUT2D eigenvalue weighted by molar-refractivity contribution is 0.835. The van der Waals surface area contributed by atoms with Gasteiger partial charge in [-0.05, 0) is 21.5 Å². The van der Waals surface area contributed by atoms with Gasteiger partial charge in [0.2, 0.25) is 0 Å². The zero-order chi connectivity index (χ0) is 13.2. The fourth-order valence-corrected chi connectivity index (χ4v) is 2.14. The van der Waals surface area contributed by atoms with E-state index in [4.69, 9.17) is 5.73 Å². The molecular formula is C13H10BrN5. The van der Waals surface area contributed by atoms with Crippen molar-refractivity contribution in [3.05, 3.63) is 53.5 Å². The Morgan fingerprint density at radius 1 is 1.05 bits per heavy atom. The van der Waals surface area contributed by atoms with Crippen molar-refractivity contribution in [1.29, 1.82) is 0 Å². The third-order valence-corrected chi connectivity index (χ3v) is 3.47. The molecule has 6 heteroatoms. The zero-order valence-corrected chi connectivity index (χ0v) is 11.4. The minimum Gasteiger partial charge on any atom is -0.383 e. The van der Waals surface area contributed by atoms with Crippen molar-refractivity contribution in [2.24, 2.45) is 0 Å². The van der Waals surface area contributed by atoms with Gasteiger partial charge in [0, 0.05) is 11.8 Å². The molecule has 2 N–H and O–H groups in total. The number of anilines is 1. The summed E-state index contributed by atoms with van der Waals surface area (Å²) in [6.07, 6.45) is 5.11. The molecule has 0 aliphatic carbocycles. The third-order valence-electron chi connectivity index (χ3n) is 2.70. The van der Waals surface area contributed by atoms with Crippen LogP contribution in [0, 0.1) is 0 Å². The van der Waals surface area contributed by atoms with Crippen molar-refractivity contribution in [2.75, 3.05) is 5.73 Å². The van der Waals surface area contributed by atoms with Gasteiger partial charge in [-0.1, -0.05) is 30.3 Å². The van der Waals surface area contributed by atoms with E-state index in [1.54, 1.807) is 10.9 Å². The number of hydrogen-bond donors (Lipinski definition) is 1. The molecule has 5 nitrogen and oxygen atoms in total. The molecule has 3 rings (SSSR count). The second-order valence-electron chi connectivity index (χ2n) is 3.94. The number of nitrogens with zero attached hydrogens (tertiary/aromatic N) is 4. The van der Waals surface area contributed by atoms with Gasteiger partial charge < -0.3 is 5.73 Å². The minimum absolute atomic E-state index is 0.391. The summed E-state index contributed by atoms with van der Waals surface area (Å²) in [4.78, 5) is 8.09. The number of halogens is 1. The SMILES string of the molecule is Nc1ncnc(-n2cc(-c3ccccc3)cn2)c1Br. The normalized spacial score (nSPS) is 10.6. The lowest BCUT2D eigenvalue weighted by atomic mass is 10.1. The first-order valence-corrected chi connectivity index (χ1v) is 6.41. The summed E-state index contributed by atoms with van der Waals surface area (Å²) in [6, 6.07) is 10.0. The van der Waals surface area contributed by atoms with E-state index in [0.717, 1.165) is 11.1 Å². The van der Waals surface area contributed by atoms with Crippen LogP contribution in [0.5, 0.6) is 0 Å². The summed E-state index contributed by atoms with van der Waals surface area (Å²) in [5, 5.41) is 4.31. The molecule has 0 aliphatic heterocycles. The molecule has 3 aromatic rings. The molecule has 19 heavy (non-hydrogen) atoms. The number of benzene rings is 1. The summed E-state index contributed by atoms with van der Waals surface area (Å²) in [6.45, 7) is 0. The Hall–Kier alpha value is -2.21. The van der Waals surface area contributed by atoms with E-state index in [1.165, 1.54) is 6.33 Å². The van der Waals surface area contributed by atoms with Crippen LogP contribution in [0.25, 0.3) is 16.9 Å². The zero-order valence-electron chi connectivity index (χ0n) is 9.86. The monoisotopic (exact) mass is 315 g/mol. The summed E-state index contributed by atoms with van der Waals surface area (Å²) in [5.41, 5.74) is 7.86. The predicted molar refractivity (Wildman–Crippen MR) is 76.7 cm³/mol. The van der Waals surface area contributed by atoms with Crippen LogP contribution in [-0.4, -0.2) is 19.7 Å². The van der Waals surface area contributed by atoms with Gasteiger partial charge in [0.25, 0.3) is 0 Å². The topological polar surface area (TPSA) is 69.6 Å². The van der Waals surface area contributed by atoms with E-state index in [0.29, 0.717) is 16.1 Å². The highest BCUT2D eigenvalue weighted by Gasteiger charge is 2.10. The van der Waals surface area contributed by atoms with Crippen LogP contribution in [0.3, 0.4) is 0 Å². The lowest BCUT2D eigenvalue weighted by Gasteiger charge is -2.04. The summed E-state index contributed by atoms with van der Waals surface area (Å²) < 4.78 is 2.31. The second kappa shape index (κ2) is 4.81. The van der Waals surface area contributed by atoms with Gasteiger partial charge in [0.1, 0.15) is 16.6 Å². The molecule has 0 saturated carbocycles. The highest BCUT2D eigenvalue weighted by molar-refractivity contribution is 9.10. The number of hydrogen-bond acceptors (Lipinski definition) is 4. The number of nitrogen functional groups attached to an aromatic ring is 1. The highest BCUT2D eigenvalue weighted by Crippen LogP contribution is 2.25. The lowest BCUT2D eigenvalue weighted by Crippen LogP contribution is -2.03. The Kier molecular flexibility index (Phi) is 3.00.